The van der Waals surface area contributed by atoms with Gasteiger partial charge in [-0.3, -0.25) is 4.79 Å². The first kappa shape index (κ1) is 19.2. The van der Waals surface area contributed by atoms with Crippen molar-refractivity contribution in [1.82, 2.24) is 5.43 Å². The maximum atomic E-state index is 11.8. The Labute approximate surface area is 137 Å². The summed E-state index contributed by atoms with van der Waals surface area (Å²) < 4.78 is 0. The second-order valence-electron chi connectivity index (χ2n) is 6.71. The van der Waals surface area contributed by atoms with Crippen LogP contribution in [0, 0.1) is 0 Å². The highest BCUT2D eigenvalue weighted by Crippen LogP contribution is 2.15. The van der Waals surface area contributed by atoms with E-state index in [2.05, 4.69) is 17.5 Å². The molecule has 0 spiro atoms. The van der Waals surface area contributed by atoms with E-state index in [1.165, 1.54) is 76.3 Å². The third kappa shape index (κ3) is 10.8. The van der Waals surface area contributed by atoms with E-state index in [0.717, 1.165) is 25.7 Å². The summed E-state index contributed by atoms with van der Waals surface area (Å²) >= 11 is 0. The van der Waals surface area contributed by atoms with E-state index in [-0.39, 0.29) is 5.91 Å². The van der Waals surface area contributed by atoms with Crippen LogP contribution in [0.1, 0.15) is 110 Å². The molecule has 0 unspecified atom stereocenters. The third-order valence-corrected chi connectivity index (χ3v) is 4.53. The molecule has 3 nitrogen and oxygen atoms in total. The van der Waals surface area contributed by atoms with Crippen molar-refractivity contribution in [3.8, 4) is 0 Å². The lowest BCUT2D eigenvalue weighted by Crippen LogP contribution is -2.19. The van der Waals surface area contributed by atoms with Crippen molar-refractivity contribution in [1.29, 1.82) is 0 Å². The molecule has 1 aliphatic carbocycles. The number of carbonyl (C=O) groups excluding carboxylic acids is 1. The van der Waals surface area contributed by atoms with Gasteiger partial charge in [0, 0.05) is 12.1 Å². The molecule has 1 N–H and O–H groups in total. The minimum Gasteiger partial charge on any atom is -0.273 e. The van der Waals surface area contributed by atoms with Crippen LogP contribution in [0.25, 0.3) is 0 Å². The van der Waals surface area contributed by atoms with Gasteiger partial charge in [0.05, 0.1) is 0 Å². The third-order valence-electron chi connectivity index (χ3n) is 4.53. The van der Waals surface area contributed by atoms with Crippen LogP contribution in [0.5, 0.6) is 0 Å². The molecule has 128 valence electrons. The molecule has 0 bridgehead atoms. The standard InChI is InChI=1S/C19H36N2O/c1-2-3-4-14-17-19(22)21-20-18-15-12-10-8-6-5-7-9-11-13-16-18/h2-17H2,1H3,(H,21,22). The maximum Gasteiger partial charge on any atom is 0.240 e. The van der Waals surface area contributed by atoms with Gasteiger partial charge in [-0.05, 0) is 32.1 Å². The Morgan fingerprint density at radius 2 is 1.41 bits per heavy atom. The van der Waals surface area contributed by atoms with E-state index in [1.54, 1.807) is 0 Å². The number of nitrogens with zero attached hydrogens (tertiary/aromatic N) is 1. The van der Waals surface area contributed by atoms with Crippen molar-refractivity contribution >= 4 is 11.6 Å². The molecule has 0 saturated heterocycles. The molecule has 0 heterocycles. The van der Waals surface area contributed by atoms with Crippen molar-refractivity contribution < 1.29 is 4.79 Å². The highest BCUT2D eigenvalue weighted by atomic mass is 16.2. The Hall–Kier alpha value is -0.860. The fraction of sp³-hybridized carbons (Fsp3) is 0.895. The number of amides is 1. The maximum absolute atomic E-state index is 11.8. The van der Waals surface area contributed by atoms with Crippen LogP contribution in [0.15, 0.2) is 5.10 Å². The lowest BCUT2D eigenvalue weighted by atomic mass is 10.00. The Kier molecular flexibility index (Phi) is 12.0. The molecular formula is C19H36N2O. The summed E-state index contributed by atoms with van der Waals surface area (Å²) in [5, 5.41) is 4.43. The summed E-state index contributed by atoms with van der Waals surface area (Å²) in [6, 6.07) is 0. The molecule has 0 aromatic heterocycles. The average molecular weight is 309 g/mol. The predicted molar refractivity (Wildman–Crippen MR) is 95.1 cm³/mol. The molecule has 1 amide bonds. The van der Waals surface area contributed by atoms with Gasteiger partial charge >= 0.3 is 0 Å². The van der Waals surface area contributed by atoms with Crippen molar-refractivity contribution in [3.05, 3.63) is 0 Å². The summed E-state index contributed by atoms with van der Waals surface area (Å²) in [4.78, 5) is 11.8. The van der Waals surface area contributed by atoms with E-state index < -0.39 is 0 Å². The molecule has 0 radical (unpaired) electrons. The predicted octanol–water partition coefficient (Wildman–Crippen LogP) is 5.73. The van der Waals surface area contributed by atoms with E-state index in [0.29, 0.717) is 6.42 Å². The van der Waals surface area contributed by atoms with Crippen molar-refractivity contribution in [2.45, 2.75) is 110 Å². The van der Waals surface area contributed by atoms with Gasteiger partial charge in [-0.15, -0.1) is 0 Å². The summed E-state index contributed by atoms with van der Waals surface area (Å²) in [5.41, 5.74) is 4.00. The Balaban J connectivity index is 2.28. The molecule has 1 aliphatic rings. The minimum absolute atomic E-state index is 0.0923. The van der Waals surface area contributed by atoms with Crippen molar-refractivity contribution in [2.24, 2.45) is 5.10 Å². The van der Waals surface area contributed by atoms with Crippen molar-refractivity contribution in [2.75, 3.05) is 0 Å². The Bertz CT molecular complexity index is 299. The van der Waals surface area contributed by atoms with E-state index in [4.69, 9.17) is 0 Å². The topological polar surface area (TPSA) is 41.5 Å². The number of hydrazone groups is 1. The van der Waals surface area contributed by atoms with Crippen LogP contribution in [-0.2, 0) is 4.79 Å². The second-order valence-corrected chi connectivity index (χ2v) is 6.71. The number of hydrogen-bond donors (Lipinski definition) is 1. The Morgan fingerprint density at radius 3 is 1.95 bits per heavy atom. The number of carbonyl (C=O) groups is 1. The average Bonchev–Trinajstić information content (AvgIpc) is 2.51. The molecule has 1 saturated carbocycles. The fourth-order valence-corrected chi connectivity index (χ4v) is 3.04. The largest absolute Gasteiger partial charge is 0.273 e. The molecule has 1 rings (SSSR count). The van der Waals surface area contributed by atoms with Gasteiger partial charge in [-0.25, -0.2) is 5.43 Å². The van der Waals surface area contributed by atoms with Gasteiger partial charge in [0.25, 0.3) is 0 Å². The summed E-state index contributed by atoms with van der Waals surface area (Å²) in [5.74, 6) is 0.0923. The van der Waals surface area contributed by atoms with Crippen LogP contribution < -0.4 is 5.43 Å². The molecule has 0 aromatic carbocycles. The van der Waals surface area contributed by atoms with Crippen LogP contribution >= 0.6 is 0 Å². The van der Waals surface area contributed by atoms with Crippen LogP contribution in [0.4, 0.5) is 0 Å². The van der Waals surface area contributed by atoms with E-state index >= 15 is 0 Å². The number of rotatable bonds is 6. The quantitative estimate of drug-likeness (QED) is 0.494. The van der Waals surface area contributed by atoms with E-state index in [1.807, 2.05) is 0 Å². The van der Waals surface area contributed by atoms with Gasteiger partial charge in [0.15, 0.2) is 0 Å². The number of unbranched alkanes of at least 4 members (excludes halogenated alkanes) is 3. The second kappa shape index (κ2) is 13.8. The van der Waals surface area contributed by atoms with Gasteiger partial charge in [0.1, 0.15) is 0 Å². The molecule has 22 heavy (non-hydrogen) atoms. The lowest BCUT2D eigenvalue weighted by molar-refractivity contribution is -0.121. The zero-order valence-electron chi connectivity index (χ0n) is 14.7. The van der Waals surface area contributed by atoms with E-state index in [9.17, 15) is 4.79 Å². The highest BCUT2D eigenvalue weighted by molar-refractivity contribution is 5.86. The lowest BCUT2D eigenvalue weighted by Gasteiger charge is -2.09. The first-order chi connectivity index (χ1) is 10.8. The number of hydrogen-bond acceptors (Lipinski definition) is 2. The van der Waals surface area contributed by atoms with Crippen LogP contribution in [-0.4, -0.2) is 11.6 Å². The Morgan fingerprint density at radius 1 is 0.864 bits per heavy atom. The zero-order chi connectivity index (χ0) is 15.9. The fourth-order valence-electron chi connectivity index (χ4n) is 3.04. The minimum atomic E-state index is 0.0923. The monoisotopic (exact) mass is 308 g/mol. The normalized spacial score (nSPS) is 18.1. The van der Waals surface area contributed by atoms with Gasteiger partial charge in [0.2, 0.25) is 5.91 Å². The zero-order valence-corrected chi connectivity index (χ0v) is 14.7. The van der Waals surface area contributed by atoms with Gasteiger partial charge in [-0.2, -0.15) is 5.10 Å². The summed E-state index contributed by atoms with van der Waals surface area (Å²) in [6.07, 6.45) is 19.3. The molecule has 1 fully saturated rings. The number of nitrogens with one attached hydrogen (secondary N) is 1. The molecular weight excluding hydrogens is 272 g/mol. The first-order valence-electron chi connectivity index (χ1n) is 9.67. The first-order valence-corrected chi connectivity index (χ1v) is 9.67. The highest BCUT2D eigenvalue weighted by Gasteiger charge is 2.05. The molecule has 0 aliphatic heterocycles. The smallest absolute Gasteiger partial charge is 0.240 e. The SMILES string of the molecule is CCCCCCC(=O)NN=C1CCCCCCCCCCC1. The van der Waals surface area contributed by atoms with Gasteiger partial charge in [-0.1, -0.05) is 71.1 Å². The van der Waals surface area contributed by atoms with Crippen LogP contribution in [0.2, 0.25) is 0 Å². The molecule has 0 aromatic rings. The molecule has 0 atom stereocenters. The summed E-state index contributed by atoms with van der Waals surface area (Å²) in [7, 11) is 0. The molecule has 3 heteroatoms. The van der Waals surface area contributed by atoms with Crippen molar-refractivity contribution in [3.63, 3.8) is 0 Å². The van der Waals surface area contributed by atoms with Crippen LogP contribution in [0.3, 0.4) is 0 Å². The summed E-state index contributed by atoms with van der Waals surface area (Å²) in [6.45, 7) is 2.19. The van der Waals surface area contributed by atoms with Gasteiger partial charge < -0.3 is 0 Å².